The lowest BCUT2D eigenvalue weighted by Crippen LogP contribution is -2.37. The van der Waals surface area contributed by atoms with Gasteiger partial charge in [-0.05, 0) is 37.2 Å². The Labute approximate surface area is 109 Å². The van der Waals surface area contributed by atoms with E-state index in [-0.39, 0.29) is 0 Å². The van der Waals surface area contributed by atoms with Crippen molar-refractivity contribution in [3.8, 4) is 0 Å². The molecule has 1 aliphatic carbocycles. The van der Waals surface area contributed by atoms with Crippen molar-refractivity contribution in [3.63, 3.8) is 0 Å². The van der Waals surface area contributed by atoms with Crippen molar-refractivity contribution >= 4 is 11.8 Å². The van der Waals surface area contributed by atoms with E-state index in [9.17, 15) is 0 Å². The van der Waals surface area contributed by atoms with Crippen LogP contribution in [-0.2, 0) is 0 Å². The molecule has 0 bridgehead atoms. The molecular weight excluding hydrogens is 226 g/mol. The molecule has 1 saturated carbocycles. The van der Waals surface area contributed by atoms with Crippen LogP contribution >= 0.6 is 0 Å². The van der Waals surface area contributed by atoms with E-state index < -0.39 is 0 Å². The molecule has 2 rings (SSSR count). The molecule has 1 heterocycles. The van der Waals surface area contributed by atoms with Crippen molar-refractivity contribution in [1.82, 2.24) is 9.97 Å². The Bertz CT molecular complexity index is 394. The zero-order chi connectivity index (χ0) is 13.2. The van der Waals surface area contributed by atoms with Crippen molar-refractivity contribution in [1.29, 1.82) is 0 Å². The maximum absolute atomic E-state index is 5.34. The minimum atomic E-state index is 0.468. The summed E-state index contributed by atoms with van der Waals surface area (Å²) in [4.78, 5) is 10.7. The number of hydrogen-bond acceptors (Lipinski definition) is 5. The first-order valence-electron chi connectivity index (χ1n) is 6.54. The first-order valence-corrected chi connectivity index (χ1v) is 6.54. The third-order valence-corrected chi connectivity index (χ3v) is 3.99. The predicted octanol–water partition coefficient (Wildman–Crippen LogP) is 2.17. The number of rotatable bonds is 3. The van der Waals surface area contributed by atoms with Gasteiger partial charge in [0.2, 0.25) is 5.95 Å². The van der Waals surface area contributed by atoms with Gasteiger partial charge in [-0.15, -0.1) is 0 Å². The second kappa shape index (κ2) is 5.10. The van der Waals surface area contributed by atoms with Crippen LogP contribution in [-0.4, -0.2) is 23.1 Å². The van der Waals surface area contributed by atoms with Crippen molar-refractivity contribution < 1.29 is 0 Å². The first kappa shape index (κ1) is 13.1. The fourth-order valence-electron chi connectivity index (χ4n) is 2.57. The van der Waals surface area contributed by atoms with E-state index in [0.717, 1.165) is 5.82 Å². The summed E-state index contributed by atoms with van der Waals surface area (Å²) in [7, 11) is 2.10. The lowest BCUT2D eigenvalue weighted by atomic mass is 9.75. The maximum Gasteiger partial charge on any atom is 0.239 e. The standard InChI is InChI=1S/C13H23N5/c1-13(2)7-4-10(5-8-13)18(3)11-6-9-15-12(16-11)17-14/h6,9-10H,4-5,7-8,14H2,1-3H3,(H,15,16,17). The Morgan fingerprint density at radius 2 is 2.06 bits per heavy atom. The Balaban J connectivity index is 2.05. The van der Waals surface area contributed by atoms with Crippen molar-refractivity contribution in [3.05, 3.63) is 12.3 Å². The number of anilines is 2. The predicted molar refractivity (Wildman–Crippen MR) is 74.3 cm³/mol. The van der Waals surface area contributed by atoms with E-state index in [1.807, 2.05) is 6.07 Å². The highest BCUT2D eigenvalue weighted by Crippen LogP contribution is 2.37. The van der Waals surface area contributed by atoms with E-state index in [0.29, 0.717) is 17.4 Å². The Morgan fingerprint density at radius 1 is 1.39 bits per heavy atom. The molecular formula is C13H23N5. The van der Waals surface area contributed by atoms with Gasteiger partial charge in [-0.2, -0.15) is 4.98 Å². The average Bonchev–Trinajstić information content (AvgIpc) is 2.38. The second-order valence-electron chi connectivity index (χ2n) is 5.89. The molecule has 100 valence electrons. The normalized spacial score (nSPS) is 19.6. The number of nitrogens with one attached hydrogen (secondary N) is 1. The quantitative estimate of drug-likeness (QED) is 0.635. The minimum Gasteiger partial charge on any atom is -0.357 e. The molecule has 1 aromatic heterocycles. The molecule has 1 aromatic rings. The van der Waals surface area contributed by atoms with Gasteiger partial charge in [-0.1, -0.05) is 13.8 Å². The lowest BCUT2D eigenvalue weighted by molar-refractivity contribution is 0.222. The molecule has 18 heavy (non-hydrogen) atoms. The van der Waals surface area contributed by atoms with E-state index in [1.165, 1.54) is 25.7 Å². The van der Waals surface area contributed by atoms with Crippen molar-refractivity contribution in [2.24, 2.45) is 11.3 Å². The Hall–Kier alpha value is -1.36. The number of hydrogen-bond donors (Lipinski definition) is 2. The zero-order valence-electron chi connectivity index (χ0n) is 11.5. The maximum atomic E-state index is 5.34. The van der Waals surface area contributed by atoms with Crippen LogP contribution in [0.1, 0.15) is 39.5 Å². The number of nitrogens with zero attached hydrogens (tertiary/aromatic N) is 3. The number of nitrogen functional groups attached to an aromatic ring is 1. The van der Waals surface area contributed by atoms with Crippen LogP contribution in [0.4, 0.5) is 11.8 Å². The second-order valence-corrected chi connectivity index (χ2v) is 5.89. The SMILES string of the molecule is CN(c1ccnc(NN)n1)C1CCC(C)(C)CC1. The summed E-state index contributed by atoms with van der Waals surface area (Å²) in [6, 6.07) is 2.50. The van der Waals surface area contributed by atoms with Gasteiger partial charge in [0.05, 0.1) is 0 Å². The van der Waals surface area contributed by atoms with E-state index in [2.05, 4.69) is 41.2 Å². The molecule has 0 aliphatic heterocycles. The van der Waals surface area contributed by atoms with Crippen LogP contribution in [0.15, 0.2) is 12.3 Å². The van der Waals surface area contributed by atoms with Crippen LogP contribution in [0.25, 0.3) is 0 Å². The molecule has 0 unspecified atom stereocenters. The van der Waals surface area contributed by atoms with Crippen LogP contribution in [0, 0.1) is 5.41 Å². The molecule has 0 saturated heterocycles. The zero-order valence-corrected chi connectivity index (χ0v) is 11.5. The molecule has 0 aromatic carbocycles. The molecule has 1 fully saturated rings. The third kappa shape index (κ3) is 2.90. The van der Waals surface area contributed by atoms with E-state index >= 15 is 0 Å². The van der Waals surface area contributed by atoms with Gasteiger partial charge < -0.3 is 4.90 Å². The molecule has 1 aliphatic rings. The molecule has 3 N–H and O–H groups in total. The summed E-state index contributed by atoms with van der Waals surface area (Å²) in [5.74, 6) is 6.74. The lowest BCUT2D eigenvalue weighted by Gasteiger charge is -2.39. The summed E-state index contributed by atoms with van der Waals surface area (Å²) < 4.78 is 0. The minimum absolute atomic E-state index is 0.468. The van der Waals surface area contributed by atoms with Gasteiger partial charge in [0, 0.05) is 19.3 Å². The third-order valence-electron chi connectivity index (χ3n) is 3.99. The van der Waals surface area contributed by atoms with Gasteiger partial charge >= 0.3 is 0 Å². The summed E-state index contributed by atoms with van der Waals surface area (Å²) in [6.07, 6.45) is 6.72. The Morgan fingerprint density at radius 3 is 2.67 bits per heavy atom. The van der Waals surface area contributed by atoms with Gasteiger partial charge in [0.25, 0.3) is 0 Å². The van der Waals surface area contributed by atoms with Crippen LogP contribution in [0.2, 0.25) is 0 Å². The van der Waals surface area contributed by atoms with Crippen LogP contribution in [0.3, 0.4) is 0 Å². The molecule has 0 atom stereocenters. The first-order chi connectivity index (χ1) is 8.52. The summed E-state index contributed by atoms with van der Waals surface area (Å²) >= 11 is 0. The molecule has 5 heteroatoms. The fraction of sp³-hybridized carbons (Fsp3) is 0.692. The smallest absolute Gasteiger partial charge is 0.239 e. The van der Waals surface area contributed by atoms with Crippen LogP contribution in [0.5, 0.6) is 0 Å². The largest absolute Gasteiger partial charge is 0.357 e. The number of nitrogens with two attached hydrogens (primary N) is 1. The fourth-order valence-corrected chi connectivity index (χ4v) is 2.57. The number of aromatic nitrogens is 2. The highest BCUT2D eigenvalue weighted by atomic mass is 15.3. The molecule has 5 nitrogen and oxygen atoms in total. The molecule has 0 amide bonds. The topological polar surface area (TPSA) is 67.1 Å². The van der Waals surface area contributed by atoms with Crippen LogP contribution < -0.4 is 16.2 Å². The number of hydrazine groups is 1. The van der Waals surface area contributed by atoms with E-state index in [1.54, 1.807) is 6.20 Å². The van der Waals surface area contributed by atoms with Crippen molar-refractivity contribution in [2.75, 3.05) is 17.4 Å². The molecule has 0 radical (unpaired) electrons. The highest BCUT2D eigenvalue weighted by molar-refractivity contribution is 5.42. The summed E-state index contributed by atoms with van der Waals surface area (Å²) in [5, 5.41) is 0. The van der Waals surface area contributed by atoms with Gasteiger partial charge in [-0.25, -0.2) is 10.8 Å². The highest BCUT2D eigenvalue weighted by Gasteiger charge is 2.29. The monoisotopic (exact) mass is 249 g/mol. The Kier molecular flexibility index (Phi) is 3.71. The summed E-state index contributed by atoms with van der Waals surface area (Å²) in [5.41, 5.74) is 2.98. The molecule has 0 spiro atoms. The van der Waals surface area contributed by atoms with Gasteiger partial charge in [-0.3, -0.25) is 5.43 Å². The van der Waals surface area contributed by atoms with Gasteiger partial charge in [0.15, 0.2) is 0 Å². The average molecular weight is 249 g/mol. The van der Waals surface area contributed by atoms with Crippen molar-refractivity contribution in [2.45, 2.75) is 45.6 Å². The van der Waals surface area contributed by atoms with E-state index in [4.69, 9.17) is 5.84 Å². The van der Waals surface area contributed by atoms with Gasteiger partial charge in [0.1, 0.15) is 5.82 Å². The summed E-state index contributed by atoms with van der Waals surface area (Å²) in [6.45, 7) is 4.70.